The minimum absolute atomic E-state index is 0.118. The fourth-order valence-electron chi connectivity index (χ4n) is 4.04. The second kappa shape index (κ2) is 8.72. The summed E-state index contributed by atoms with van der Waals surface area (Å²) in [6, 6.07) is 10.4. The standard InChI is InChI=1S/C23H20ClF2N5OS/c1-13-20-21(31(29-13)17-6-2-5-16(25)11-17)28-23(33-20)30-9-3-4-14(12-30)22(32)27-19-8-7-15(24)10-18(19)26/h2,5-8,10-11,14H,3-4,9,12H2,1H3,(H,27,32)/t14-/m0/s1. The highest BCUT2D eigenvalue weighted by molar-refractivity contribution is 7.22. The number of thiazole rings is 1. The van der Waals surface area contributed by atoms with E-state index in [1.807, 2.05) is 6.92 Å². The molecule has 170 valence electrons. The van der Waals surface area contributed by atoms with Crippen LogP contribution < -0.4 is 10.2 Å². The van der Waals surface area contributed by atoms with Crippen LogP contribution in [0.15, 0.2) is 42.5 Å². The highest BCUT2D eigenvalue weighted by atomic mass is 35.5. The Bertz CT molecular complexity index is 1350. The van der Waals surface area contributed by atoms with E-state index in [-0.39, 0.29) is 28.4 Å². The molecule has 3 heterocycles. The number of anilines is 2. The van der Waals surface area contributed by atoms with Crippen molar-refractivity contribution in [3.05, 3.63) is 64.8 Å². The van der Waals surface area contributed by atoms with Crippen molar-refractivity contribution >= 4 is 50.0 Å². The fourth-order valence-corrected chi connectivity index (χ4v) is 5.22. The average Bonchev–Trinajstić information content (AvgIpc) is 3.36. The van der Waals surface area contributed by atoms with Crippen LogP contribution in [-0.4, -0.2) is 33.8 Å². The third-order valence-electron chi connectivity index (χ3n) is 5.68. The highest BCUT2D eigenvalue weighted by Crippen LogP contribution is 2.35. The monoisotopic (exact) mass is 487 g/mol. The van der Waals surface area contributed by atoms with Crippen LogP contribution in [0.5, 0.6) is 0 Å². The summed E-state index contributed by atoms with van der Waals surface area (Å²) in [5.74, 6) is -1.44. The number of hydrogen-bond donors (Lipinski definition) is 1. The molecule has 1 aliphatic rings. The largest absolute Gasteiger partial charge is 0.347 e. The SMILES string of the molecule is Cc1nn(-c2cccc(F)c2)c2nc(N3CCC[C@H](C(=O)Nc4ccc(Cl)cc4F)C3)sc12. The van der Waals surface area contributed by atoms with E-state index < -0.39 is 5.82 Å². The summed E-state index contributed by atoms with van der Waals surface area (Å²) in [5.41, 5.74) is 2.19. The van der Waals surface area contributed by atoms with E-state index in [1.165, 1.54) is 35.6 Å². The number of benzene rings is 2. The summed E-state index contributed by atoms with van der Waals surface area (Å²) in [5, 5.41) is 8.26. The molecule has 0 aliphatic carbocycles. The van der Waals surface area contributed by atoms with Crippen molar-refractivity contribution in [3.63, 3.8) is 0 Å². The molecular weight excluding hydrogens is 468 g/mol. The zero-order valence-corrected chi connectivity index (χ0v) is 19.3. The molecule has 1 fully saturated rings. The predicted molar refractivity (Wildman–Crippen MR) is 126 cm³/mol. The van der Waals surface area contributed by atoms with Gasteiger partial charge >= 0.3 is 0 Å². The number of nitrogens with one attached hydrogen (secondary N) is 1. The Morgan fingerprint density at radius 2 is 2.09 bits per heavy atom. The molecule has 4 aromatic rings. The minimum Gasteiger partial charge on any atom is -0.347 e. The third kappa shape index (κ3) is 4.30. The number of fused-ring (bicyclic) bond motifs is 1. The number of carbonyl (C=O) groups excluding carboxylic acids is 1. The summed E-state index contributed by atoms with van der Waals surface area (Å²) < 4.78 is 30.4. The Balaban J connectivity index is 1.37. The maximum atomic E-state index is 14.1. The van der Waals surface area contributed by atoms with E-state index in [4.69, 9.17) is 16.6 Å². The lowest BCUT2D eigenvalue weighted by atomic mass is 9.97. The van der Waals surface area contributed by atoms with Crippen LogP contribution in [0.4, 0.5) is 19.6 Å². The van der Waals surface area contributed by atoms with Crippen LogP contribution in [0.25, 0.3) is 16.0 Å². The van der Waals surface area contributed by atoms with Gasteiger partial charge in [0.1, 0.15) is 11.6 Å². The quantitative estimate of drug-likeness (QED) is 0.408. The summed E-state index contributed by atoms with van der Waals surface area (Å²) >= 11 is 7.30. The molecule has 0 radical (unpaired) electrons. The van der Waals surface area contributed by atoms with Gasteiger partial charge in [-0.15, -0.1) is 0 Å². The van der Waals surface area contributed by atoms with Crippen molar-refractivity contribution in [2.75, 3.05) is 23.3 Å². The van der Waals surface area contributed by atoms with Crippen LogP contribution in [-0.2, 0) is 4.79 Å². The molecular formula is C23H20ClF2N5OS. The normalized spacial score (nSPS) is 16.4. The molecule has 10 heteroatoms. The van der Waals surface area contributed by atoms with Crippen LogP contribution in [0.3, 0.4) is 0 Å². The Morgan fingerprint density at radius 1 is 1.24 bits per heavy atom. The van der Waals surface area contributed by atoms with Crippen LogP contribution in [0.1, 0.15) is 18.5 Å². The lowest BCUT2D eigenvalue weighted by Gasteiger charge is -2.31. The molecule has 1 N–H and O–H groups in total. The number of nitrogens with zero attached hydrogens (tertiary/aromatic N) is 4. The molecule has 2 aromatic heterocycles. The van der Waals surface area contributed by atoms with Crippen molar-refractivity contribution in [3.8, 4) is 5.69 Å². The Kier molecular flexibility index (Phi) is 5.76. The molecule has 2 aromatic carbocycles. The smallest absolute Gasteiger partial charge is 0.229 e. The van der Waals surface area contributed by atoms with E-state index in [0.29, 0.717) is 24.3 Å². The van der Waals surface area contributed by atoms with Gasteiger partial charge < -0.3 is 10.2 Å². The molecule has 6 nitrogen and oxygen atoms in total. The first-order valence-corrected chi connectivity index (χ1v) is 11.7. The Morgan fingerprint density at radius 3 is 2.88 bits per heavy atom. The second-order valence-electron chi connectivity index (χ2n) is 8.02. The predicted octanol–water partition coefficient (Wildman–Crippen LogP) is 5.58. The first-order chi connectivity index (χ1) is 15.9. The average molecular weight is 488 g/mol. The van der Waals surface area contributed by atoms with E-state index in [1.54, 1.807) is 22.9 Å². The number of aryl methyl sites for hydroxylation is 1. The van der Waals surface area contributed by atoms with Gasteiger partial charge in [0.25, 0.3) is 0 Å². The number of halogens is 3. The van der Waals surface area contributed by atoms with Gasteiger partial charge in [-0.1, -0.05) is 29.0 Å². The third-order valence-corrected chi connectivity index (χ3v) is 7.13. The van der Waals surface area contributed by atoms with Crippen molar-refractivity contribution in [1.29, 1.82) is 0 Å². The number of hydrogen-bond acceptors (Lipinski definition) is 5. The zero-order valence-electron chi connectivity index (χ0n) is 17.7. The van der Waals surface area contributed by atoms with Crippen molar-refractivity contribution in [1.82, 2.24) is 14.8 Å². The topological polar surface area (TPSA) is 63.1 Å². The van der Waals surface area contributed by atoms with Gasteiger partial charge in [0, 0.05) is 18.1 Å². The van der Waals surface area contributed by atoms with E-state index in [0.717, 1.165) is 28.5 Å². The zero-order chi connectivity index (χ0) is 23.1. The summed E-state index contributed by atoms with van der Waals surface area (Å²) in [6.45, 7) is 3.14. The Hall–Kier alpha value is -3.04. The van der Waals surface area contributed by atoms with Gasteiger partial charge in [0.2, 0.25) is 5.91 Å². The van der Waals surface area contributed by atoms with Crippen molar-refractivity contribution < 1.29 is 13.6 Å². The first-order valence-electron chi connectivity index (χ1n) is 10.5. The van der Waals surface area contributed by atoms with E-state index in [2.05, 4.69) is 15.3 Å². The van der Waals surface area contributed by atoms with Crippen LogP contribution >= 0.6 is 22.9 Å². The summed E-state index contributed by atoms with van der Waals surface area (Å²) in [6.07, 6.45) is 1.52. The maximum Gasteiger partial charge on any atom is 0.229 e. The van der Waals surface area contributed by atoms with Gasteiger partial charge in [-0.05, 0) is 56.2 Å². The minimum atomic E-state index is -0.563. The highest BCUT2D eigenvalue weighted by Gasteiger charge is 2.29. The van der Waals surface area contributed by atoms with Crippen molar-refractivity contribution in [2.24, 2.45) is 5.92 Å². The van der Waals surface area contributed by atoms with Gasteiger partial charge in [0.15, 0.2) is 10.8 Å². The number of piperidine rings is 1. The molecule has 1 saturated heterocycles. The molecule has 33 heavy (non-hydrogen) atoms. The van der Waals surface area contributed by atoms with Gasteiger partial charge in [0.05, 0.1) is 27.7 Å². The number of amides is 1. The molecule has 0 unspecified atom stereocenters. The summed E-state index contributed by atoms with van der Waals surface area (Å²) in [7, 11) is 0. The molecule has 1 aliphatic heterocycles. The summed E-state index contributed by atoms with van der Waals surface area (Å²) in [4.78, 5) is 19.7. The van der Waals surface area contributed by atoms with Gasteiger partial charge in [-0.3, -0.25) is 4.79 Å². The molecule has 0 spiro atoms. The van der Waals surface area contributed by atoms with Crippen LogP contribution in [0, 0.1) is 24.5 Å². The maximum absolute atomic E-state index is 14.1. The number of rotatable bonds is 4. The number of carbonyl (C=O) groups is 1. The van der Waals surface area contributed by atoms with Crippen LogP contribution in [0.2, 0.25) is 5.02 Å². The van der Waals surface area contributed by atoms with Crippen molar-refractivity contribution in [2.45, 2.75) is 19.8 Å². The molecule has 1 atom stereocenters. The lowest BCUT2D eigenvalue weighted by Crippen LogP contribution is -2.40. The van der Waals surface area contributed by atoms with Gasteiger partial charge in [-0.2, -0.15) is 10.1 Å². The Labute approximate surface area is 197 Å². The molecule has 0 saturated carbocycles. The van der Waals surface area contributed by atoms with E-state index in [9.17, 15) is 13.6 Å². The fraction of sp³-hybridized carbons (Fsp3) is 0.261. The molecule has 0 bridgehead atoms. The van der Waals surface area contributed by atoms with Gasteiger partial charge in [-0.25, -0.2) is 13.5 Å². The number of aromatic nitrogens is 3. The molecule has 1 amide bonds. The second-order valence-corrected chi connectivity index (χ2v) is 9.44. The first kappa shape index (κ1) is 21.8. The van der Waals surface area contributed by atoms with E-state index >= 15 is 0 Å². The lowest BCUT2D eigenvalue weighted by molar-refractivity contribution is -0.120. The molecule has 5 rings (SSSR count).